The van der Waals surface area contributed by atoms with E-state index in [1.54, 1.807) is 34.9 Å². The number of thioether (sulfide) groups is 2. The smallest absolute Gasteiger partial charge is 0.175 e. The minimum Gasteiger partial charge on any atom is -0.313 e. The van der Waals surface area contributed by atoms with E-state index < -0.39 is 0 Å². The Bertz CT molecular complexity index is 290. The lowest BCUT2D eigenvalue weighted by molar-refractivity contribution is 0.563. The first-order valence-corrected chi connectivity index (χ1v) is 7.87. The van der Waals surface area contributed by atoms with E-state index in [0.29, 0.717) is 11.3 Å². The number of nitrogens with zero attached hydrogens (tertiary/aromatic N) is 2. The molecule has 1 aromatic heterocycles. The summed E-state index contributed by atoms with van der Waals surface area (Å²) in [5.41, 5.74) is 0. The average molecular weight is 263 g/mol. The van der Waals surface area contributed by atoms with Crippen LogP contribution in [-0.4, -0.2) is 34.3 Å². The van der Waals surface area contributed by atoms with Crippen LogP contribution in [0.5, 0.6) is 0 Å². The van der Waals surface area contributed by atoms with Crippen LogP contribution in [0.1, 0.15) is 20.8 Å². The lowest BCUT2D eigenvalue weighted by Gasteiger charge is -2.18. The van der Waals surface area contributed by atoms with Gasteiger partial charge in [-0.2, -0.15) is 0 Å². The van der Waals surface area contributed by atoms with Crippen LogP contribution in [0.15, 0.2) is 8.68 Å². The molecule has 0 aromatic carbocycles. The highest BCUT2D eigenvalue weighted by atomic mass is 32.2. The van der Waals surface area contributed by atoms with Gasteiger partial charge >= 0.3 is 0 Å². The van der Waals surface area contributed by atoms with Crippen molar-refractivity contribution in [2.45, 2.75) is 40.7 Å². The van der Waals surface area contributed by atoms with Crippen LogP contribution in [0.2, 0.25) is 0 Å². The van der Waals surface area contributed by atoms with Crippen molar-refractivity contribution in [3.63, 3.8) is 0 Å². The van der Waals surface area contributed by atoms with Crippen molar-refractivity contribution in [2.24, 2.45) is 0 Å². The van der Waals surface area contributed by atoms with Gasteiger partial charge in [0.25, 0.3) is 0 Å². The molecular formula is C9H17N3S3. The van der Waals surface area contributed by atoms with Gasteiger partial charge in [-0.25, -0.2) is 0 Å². The topological polar surface area (TPSA) is 37.8 Å². The van der Waals surface area contributed by atoms with Gasteiger partial charge in [0, 0.05) is 11.3 Å². The van der Waals surface area contributed by atoms with E-state index >= 15 is 0 Å². The normalized spacial score (nSPS) is 15.2. The third kappa shape index (κ3) is 4.30. The summed E-state index contributed by atoms with van der Waals surface area (Å²) >= 11 is 5.12. The standard InChI is InChI=1S/C9H17N3S3/c1-5-10-6(2)7(3)14-9-12-11-8(13-4)15-9/h6-7,10H,5H2,1-4H3. The zero-order valence-electron chi connectivity index (χ0n) is 9.48. The average Bonchev–Trinajstić information content (AvgIpc) is 2.66. The molecule has 0 saturated carbocycles. The predicted molar refractivity (Wildman–Crippen MR) is 70.1 cm³/mol. The van der Waals surface area contributed by atoms with Crippen LogP contribution in [0.25, 0.3) is 0 Å². The second kappa shape index (κ2) is 6.73. The van der Waals surface area contributed by atoms with Crippen molar-refractivity contribution < 1.29 is 0 Å². The molecule has 1 N–H and O–H groups in total. The zero-order valence-corrected chi connectivity index (χ0v) is 11.9. The summed E-state index contributed by atoms with van der Waals surface area (Å²) < 4.78 is 2.11. The maximum atomic E-state index is 4.15. The van der Waals surface area contributed by atoms with Gasteiger partial charge in [-0.05, 0) is 19.7 Å². The largest absolute Gasteiger partial charge is 0.313 e. The van der Waals surface area contributed by atoms with Crippen LogP contribution in [0.4, 0.5) is 0 Å². The Morgan fingerprint density at radius 3 is 2.53 bits per heavy atom. The molecule has 1 heterocycles. The molecule has 0 aliphatic rings. The van der Waals surface area contributed by atoms with Crippen LogP contribution >= 0.6 is 34.9 Å². The van der Waals surface area contributed by atoms with Crippen LogP contribution in [0.3, 0.4) is 0 Å². The zero-order chi connectivity index (χ0) is 11.3. The van der Waals surface area contributed by atoms with Crippen molar-refractivity contribution in [2.75, 3.05) is 12.8 Å². The maximum absolute atomic E-state index is 4.15. The van der Waals surface area contributed by atoms with Crippen molar-refractivity contribution >= 4 is 34.9 Å². The molecule has 1 rings (SSSR count). The molecular weight excluding hydrogens is 246 g/mol. The Labute approximate surface area is 104 Å². The first kappa shape index (κ1) is 13.3. The molecule has 0 spiro atoms. The maximum Gasteiger partial charge on any atom is 0.175 e. The van der Waals surface area contributed by atoms with Crippen molar-refractivity contribution in [1.82, 2.24) is 15.5 Å². The molecule has 0 saturated heterocycles. The summed E-state index contributed by atoms with van der Waals surface area (Å²) in [5, 5.41) is 12.2. The first-order valence-electron chi connectivity index (χ1n) is 4.95. The minimum atomic E-state index is 0.502. The number of rotatable bonds is 6. The third-order valence-electron chi connectivity index (χ3n) is 2.08. The fourth-order valence-corrected chi connectivity index (χ4v) is 3.83. The predicted octanol–water partition coefficient (Wildman–Crippen LogP) is 2.74. The summed E-state index contributed by atoms with van der Waals surface area (Å²) in [7, 11) is 0. The van der Waals surface area contributed by atoms with E-state index in [1.165, 1.54) is 0 Å². The summed E-state index contributed by atoms with van der Waals surface area (Å²) in [4.78, 5) is 0. The molecule has 0 aliphatic heterocycles. The van der Waals surface area contributed by atoms with Gasteiger partial charge in [0.1, 0.15) is 0 Å². The highest BCUT2D eigenvalue weighted by Crippen LogP contribution is 2.31. The first-order chi connectivity index (χ1) is 7.17. The molecule has 0 bridgehead atoms. The third-order valence-corrected chi connectivity index (χ3v) is 5.37. The molecule has 0 fully saturated rings. The van der Waals surface area contributed by atoms with E-state index in [0.717, 1.165) is 15.2 Å². The lowest BCUT2D eigenvalue weighted by atomic mass is 10.2. The van der Waals surface area contributed by atoms with E-state index in [1.807, 2.05) is 6.26 Å². The molecule has 15 heavy (non-hydrogen) atoms. The van der Waals surface area contributed by atoms with E-state index in [4.69, 9.17) is 0 Å². The van der Waals surface area contributed by atoms with E-state index in [-0.39, 0.29) is 0 Å². The molecule has 1 aromatic rings. The van der Waals surface area contributed by atoms with Gasteiger partial charge in [0.2, 0.25) is 0 Å². The van der Waals surface area contributed by atoms with Gasteiger partial charge in [0.15, 0.2) is 8.68 Å². The van der Waals surface area contributed by atoms with Gasteiger partial charge < -0.3 is 5.32 Å². The summed E-state index contributed by atoms with van der Waals surface area (Å²) in [6, 6.07) is 0.502. The lowest BCUT2D eigenvalue weighted by Crippen LogP contribution is -2.33. The highest BCUT2D eigenvalue weighted by molar-refractivity contribution is 8.03. The Morgan fingerprint density at radius 1 is 1.33 bits per heavy atom. The fraction of sp³-hybridized carbons (Fsp3) is 0.778. The molecule has 0 radical (unpaired) electrons. The van der Waals surface area contributed by atoms with Crippen molar-refractivity contribution in [1.29, 1.82) is 0 Å². The molecule has 0 amide bonds. The highest BCUT2D eigenvalue weighted by Gasteiger charge is 2.14. The second-order valence-electron chi connectivity index (χ2n) is 3.21. The second-order valence-corrected chi connectivity index (χ2v) is 6.86. The van der Waals surface area contributed by atoms with Crippen molar-refractivity contribution in [3.8, 4) is 0 Å². The Hall–Kier alpha value is 0.220. The van der Waals surface area contributed by atoms with E-state index in [9.17, 15) is 0 Å². The van der Waals surface area contributed by atoms with Crippen LogP contribution in [0, 0.1) is 0 Å². The Kier molecular flexibility index (Phi) is 5.96. The number of aromatic nitrogens is 2. The molecule has 86 valence electrons. The number of hydrogen-bond acceptors (Lipinski definition) is 6. The minimum absolute atomic E-state index is 0.502. The Balaban J connectivity index is 2.46. The summed E-state index contributed by atoms with van der Waals surface area (Å²) in [5.74, 6) is 0. The number of nitrogens with one attached hydrogen (secondary N) is 1. The van der Waals surface area contributed by atoms with Gasteiger partial charge in [-0.3, -0.25) is 0 Å². The SMILES string of the molecule is CCNC(C)C(C)Sc1nnc(SC)s1. The molecule has 2 atom stereocenters. The monoisotopic (exact) mass is 263 g/mol. The molecule has 3 nitrogen and oxygen atoms in total. The van der Waals surface area contributed by atoms with Crippen molar-refractivity contribution in [3.05, 3.63) is 0 Å². The van der Waals surface area contributed by atoms with Crippen LogP contribution in [-0.2, 0) is 0 Å². The number of hydrogen-bond donors (Lipinski definition) is 1. The molecule has 2 unspecified atom stereocenters. The molecule has 6 heteroatoms. The summed E-state index contributed by atoms with van der Waals surface area (Å²) in [6.45, 7) is 7.57. The van der Waals surface area contributed by atoms with E-state index in [2.05, 4.69) is 36.3 Å². The Morgan fingerprint density at radius 2 is 2.00 bits per heavy atom. The quantitative estimate of drug-likeness (QED) is 0.799. The van der Waals surface area contributed by atoms with Gasteiger partial charge in [-0.15, -0.1) is 10.2 Å². The molecule has 0 aliphatic carbocycles. The van der Waals surface area contributed by atoms with Crippen LogP contribution < -0.4 is 5.32 Å². The fourth-order valence-electron chi connectivity index (χ4n) is 1.08. The van der Waals surface area contributed by atoms with Gasteiger partial charge in [-0.1, -0.05) is 48.7 Å². The summed E-state index contributed by atoms with van der Waals surface area (Å²) in [6.07, 6.45) is 2.03. The van der Waals surface area contributed by atoms with Gasteiger partial charge in [0.05, 0.1) is 0 Å².